The monoisotopic (exact) mass is 459 g/mol. The predicted octanol–water partition coefficient (Wildman–Crippen LogP) is 6.43. The fourth-order valence-electron chi connectivity index (χ4n) is 6.50. The topological polar surface area (TPSA) is 58.6 Å². The zero-order valence-corrected chi connectivity index (χ0v) is 20.0. The Balaban J connectivity index is 1.27. The van der Waals surface area contributed by atoms with Crippen molar-refractivity contribution >= 4 is 5.97 Å². The number of hydrogen-bond acceptors (Lipinski definition) is 4. The first-order valence-corrected chi connectivity index (χ1v) is 13.1. The van der Waals surface area contributed by atoms with E-state index in [1.54, 1.807) is 0 Å². The molecule has 34 heavy (non-hydrogen) atoms. The van der Waals surface area contributed by atoms with Gasteiger partial charge in [-0.3, -0.25) is 0 Å². The minimum atomic E-state index is -0.857. The van der Waals surface area contributed by atoms with Crippen LogP contribution in [0.15, 0.2) is 72.1 Å². The molecular formula is C30H37NO3. The van der Waals surface area contributed by atoms with Crippen molar-refractivity contribution in [2.75, 3.05) is 6.54 Å². The van der Waals surface area contributed by atoms with Gasteiger partial charge in [0.25, 0.3) is 0 Å². The first-order chi connectivity index (χ1) is 16.6. The van der Waals surface area contributed by atoms with E-state index >= 15 is 0 Å². The molecule has 4 heteroatoms. The zero-order valence-electron chi connectivity index (χ0n) is 20.0. The third-order valence-electron chi connectivity index (χ3n) is 8.41. The molecule has 180 valence electrons. The van der Waals surface area contributed by atoms with Crippen LogP contribution in [0.1, 0.15) is 68.9 Å². The van der Waals surface area contributed by atoms with Crippen LogP contribution in [0, 0.1) is 17.8 Å². The number of cyclic esters (lactones) is 1. The summed E-state index contributed by atoms with van der Waals surface area (Å²) in [4.78, 5) is 13.2. The average Bonchev–Trinajstić information content (AvgIpc) is 3.56. The lowest BCUT2D eigenvalue weighted by Crippen LogP contribution is -2.42. The summed E-state index contributed by atoms with van der Waals surface area (Å²) >= 11 is 0. The third-order valence-corrected chi connectivity index (χ3v) is 8.41. The Hall–Kier alpha value is -2.75. The number of benzene rings is 2. The Kier molecular flexibility index (Phi) is 6.94. The van der Waals surface area contributed by atoms with E-state index in [9.17, 15) is 9.90 Å². The van der Waals surface area contributed by atoms with Crippen LogP contribution < -0.4 is 5.32 Å². The number of rotatable bonds is 8. The number of aliphatic hydroxyl groups excluding tert-OH is 1. The van der Waals surface area contributed by atoms with Crippen molar-refractivity contribution in [3.63, 3.8) is 0 Å². The first-order valence-electron chi connectivity index (χ1n) is 13.1. The highest BCUT2D eigenvalue weighted by Gasteiger charge is 2.43. The minimum absolute atomic E-state index is 0.124. The Labute approximate surface area is 203 Å². The largest absolute Gasteiger partial charge is 0.510 e. The summed E-state index contributed by atoms with van der Waals surface area (Å²) in [6.07, 6.45) is 11.0. The number of hydrogen-bond donors (Lipinski definition) is 2. The van der Waals surface area contributed by atoms with Gasteiger partial charge in [-0.25, -0.2) is 4.79 Å². The van der Waals surface area contributed by atoms with E-state index in [-0.39, 0.29) is 11.5 Å². The molecular weight excluding hydrogens is 422 g/mol. The molecule has 2 aromatic rings. The Bertz CT molecular complexity index is 996. The van der Waals surface area contributed by atoms with Crippen molar-refractivity contribution in [3.8, 4) is 0 Å². The van der Waals surface area contributed by atoms with E-state index in [1.165, 1.54) is 50.5 Å². The van der Waals surface area contributed by atoms with Gasteiger partial charge in [0, 0.05) is 6.54 Å². The van der Waals surface area contributed by atoms with Gasteiger partial charge in [-0.15, -0.1) is 0 Å². The molecule has 2 aromatic carbocycles. The number of carbonyl (C=O) groups excluding carboxylic acids is 1. The van der Waals surface area contributed by atoms with Gasteiger partial charge in [0.05, 0.1) is 6.42 Å². The van der Waals surface area contributed by atoms with Crippen LogP contribution in [-0.4, -0.2) is 17.6 Å². The summed E-state index contributed by atoms with van der Waals surface area (Å²) in [5.74, 6) is 2.01. The second-order valence-electron chi connectivity index (χ2n) is 10.6. The van der Waals surface area contributed by atoms with Gasteiger partial charge in [0.1, 0.15) is 11.4 Å². The highest BCUT2D eigenvalue weighted by atomic mass is 16.6. The quantitative estimate of drug-likeness (QED) is 0.447. The Morgan fingerprint density at radius 3 is 2.32 bits per heavy atom. The molecule has 3 unspecified atom stereocenters. The van der Waals surface area contributed by atoms with Crippen molar-refractivity contribution in [1.29, 1.82) is 0 Å². The maximum atomic E-state index is 13.2. The third kappa shape index (κ3) is 5.01. The van der Waals surface area contributed by atoms with Crippen LogP contribution in [0.2, 0.25) is 0 Å². The summed E-state index contributed by atoms with van der Waals surface area (Å²) < 4.78 is 6.16. The van der Waals surface area contributed by atoms with Gasteiger partial charge < -0.3 is 15.2 Å². The predicted molar refractivity (Wildman–Crippen MR) is 134 cm³/mol. The molecule has 0 amide bonds. The fourth-order valence-corrected chi connectivity index (χ4v) is 6.50. The zero-order chi connectivity index (χ0) is 23.4. The molecule has 3 atom stereocenters. The van der Waals surface area contributed by atoms with E-state index in [1.807, 2.05) is 48.5 Å². The molecule has 0 radical (unpaired) electrons. The van der Waals surface area contributed by atoms with Gasteiger partial charge in [-0.1, -0.05) is 86.3 Å². The van der Waals surface area contributed by atoms with Crippen LogP contribution in [0.4, 0.5) is 0 Å². The van der Waals surface area contributed by atoms with Gasteiger partial charge in [0.2, 0.25) is 0 Å². The van der Waals surface area contributed by atoms with Crippen LogP contribution in [0.25, 0.3) is 0 Å². The fraction of sp³-hybridized carbons (Fsp3) is 0.500. The second kappa shape index (κ2) is 10.2. The lowest BCUT2D eigenvalue weighted by Gasteiger charge is -2.38. The van der Waals surface area contributed by atoms with Crippen LogP contribution >= 0.6 is 0 Å². The second-order valence-corrected chi connectivity index (χ2v) is 10.6. The molecule has 5 rings (SSSR count). The van der Waals surface area contributed by atoms with Gasteiger partial charge >= 0.3 is 5.97 Å². The molecule has 3 aliphatic rings. The van der Waals surface area contributed by atoms with Crippen LogP contribution in [0.3, 0.4) is 0 Å². The Morgan fingerprint density at radius 2 is 1.62 bits per heavy atom. The molecule has 0 saturated heterocycles. The molecule has 0 spiro atoms. The number of ether oxygens (including phenoxy) is 1. The van der Waals surface area contributed by atoms with Gasteiger partial charge in [-0.05, 0) is 61.0 Å². The van der Waals surface area contributed by atoms with Gasteiger partial charge in [-0.2, -0.15) is 0 Å². The van der Waals surface area contributed by atoms with Crippen molar-refractivity contribution in [3.05, 3.63) is 83.2 Å². The highest BCUT2D eigenvalue weighted by Crippen LogP contribution is 2.43. The molecule has 0 aromatic heterocycles. The standard InChI is InChI=1S/C30H37NO3/c32-27-20-30(26-13-5-2-6-14-26,18-17-22-9-3-1-4-10-22)34-29(33)28(27)31-21-23-15-16-25(19-23)24-11-7-8-12-24/h1-6,9-10,13-14,23-25,31-32H,7-8,11-12,15-21H2. The average molecular weight is 460 g/mol. The van der Waals surface area contributed by atoms with Gasteiger partial charge in [0.15, 0.2) is 5.70 Å². The number of aliphatic hydroxyl groups is 1. The molecule has 1 heterocycles. The van der Waals surface area contributed by atoms with E-state index in [2.05, 4.69) is 17.4 Å². The van der Waals surface area contributed by atoms with Crippen molar-refractivity contribution in [2.45, 2.75) is 69.8 Å². The lowest BCUT2D eigenvalue weighted by atomic mass is 9.82. The minimum Gasteiger partial charge on any atom is -0.510 e. The highest BCUT2D eigenvalue weighted by molar-refractivity contribution is 5.89. The molecule has 2 saturated carbocycles. The number of nitrogens with one attached hydrogen (secondary N) is 1. The molecule has 2 fully saturated rings. The summed E-state index contributed by atoms with van der Waals surface area (Å²) in [7, 11) is 0. The maximum absolute atomic E-state index is 13.2. The van der Waals surface area contributed by atoms with E-state index < -0.39 is 11.6 Å². The SMILES string of the molecule is O=C1OC(CCc2ccccc2)(c2ccccc2)CC(O)=C1NCC1CCC(C2CCCC2)C1. The van der Waals surface area contributed by atoms with E-state index in [0.29, 0.717) is 18.8 Å². The molecule has 2 N–H and O–H groups in total. The van der Waals surface area contributed by atoms with Crippen LogP contribution in [0.5, 0.6) is 0 Å². The Morgan fingerprint density at radius 1 is 0.912 bits per heavy atom. The molecule has 4 nitrogen and oxygen atoms in total. The molecule has 1 aliphatic heterocycles. The smallest absolute Gasteiger partial charge is 0.358 e. The van der Waals surface area contributed by atoms with Crippen molar-refractivity contribution in [2.24, 2.45) is 17.8 Å². The van der Waals surface area contributed by atoms with Crippen molar-refractivity contribution in [1.82, 2.24) is 5.32 Å². The maximum Gasteiger partial charge on any atom is 0.358 e. The summed E-state index contributed by atoms with van der Waals surface area (Å²) in [6.45, 7) is 0.736. The number of aryl methyl sites for hydroxylation is 1. The van der Waals surface area contributed by atoms with Crippen LogP contribution in [-0.2, 0) is 21.6 Å². The summed E-state index contributed by atoms with van der Waals surface area (Å²) in [6, 6.07) is 20.1. The summed E-state index contributed by atoms with van der Waals surface area (Å²) in [5, 5.41) is 14.3. The van der Waals surface area contributed by atoms with Crippen molar-refractivity contribution < 1.29 is 14.6 Å². The lowest BCUT2D eigenvalue weighted by molar-refractivity contribution is -0.162. The summed E-state index contributed by atoms with van der Waals surface area (Å²) in [5.41, 5.74) is 1.53. The van der Waals surface area contributed by atoms with E-state index in [4.69, 9.17) is 4.74 Å². The number of esters is 1. The molecule has 2 aliphatic carbocycles. The molecule has 0 bridgehead atoms. The first kappa shape index (κ1) is 23.0. The normalized spacial score (nSPS) is 27.7. The number of carbonyl (C=O) groups is 1. The van der Waals surface area contributed by atoms with E-state index in [0.717, 1.165) is 30.4 Å².